The van der Waals surface area contributed by atoms with Crippen molar-refractivity contribution in [3.05, 3.63) is 66.2 Å². The number of aryl methyl sites for hydroxylation is 1. The lowest BCUT2D eigenvalue weighted by Crippen LogP contribution is -2.36. The lowest BCUT2D eigenvalue weighted by Gasteiger charge is -2.22. The molecule has 1 amide bonds. The average molecular weight is 496 g/mol. The fourth-order valence-corrected chi connectivity index (χ4v) is 5.57. The Hall–Kier alpha value is -2.97. The second kappa shape index (κ2) is 11.2. The predicted octanol–water partition coefficient (Wildman–Crippen LogP) is 5.65. The largest absolute Gasteiger partial charge is 0.441 e. The van der Waals surface area contributed by atoms with E-state index in [1.54, 1.807) is 18.3 Å². The molecule has 0 saturated heterocycles. The standard InChI is InChI=1S/C27H33N3O4S/c1-19(2)20-8-10-21(11-9-20)25-18-28-27(34-25)17-16-26(31)29-22-12-14-24(15-13-22)35(32,33)30-23-6-4-3-5-7-23/h8-15,18-19,23,30H,3-7,16-17H2,1-2H3,(H,29,31). The zero-order valence-corrected chi connectivity index (χ0v) is 21.1. The lowest BCUT2D eigenvalue weighted by atomic mass is 9.96. The number of nitrogens with zero attached hydrogens (tertiary/aromatic N) is 1. The molecule has 0 bridgehead atoms. The zero-order valence-electron chi connectivity index (χ0n) is 20.3. The molecule has 1 fully saturated rings. The van der Waals surface area contributed by atoms with Crippen LogP contribution in [0, 0.1) is 0 Å². The lowest BCUT2D eigenvalue weighted by molar-refractivity contribution is -0.116. The average Bonchev–Trinajstić information content (AvgIpc) is 3.33. The Balaban J connectivity index is 1.28. The Morgan fingerprint density at radius 3 is 2.37 bits per heavy atom. The molecule has 1 aliphatic carbocycles. The van der Waals surface area contributed by atoms with Gasteiger partial charge in [-0.15, -0.1) is 0 Å². The molecule has 1 heterocycles. The van der Waals surface area contributed by atoms with Crippen molar-refractivity contribution in [3.8, 4) is 11.3 Å². The Bertz CT molecular complexity index is 1230. The molecular weight excluding hydrogens is 462 g/mol. The first-order valence-corrected chi connectivity index (χ1v) is 13.8. The summed E-state index contributed by atoms with van der Waals surface area (Å²) < 4.78 is 33.9. The van der Waals surface area contributed by atoms with Crippen molar-refractivity contribution >= 4 is 21.6 Å². The van der Waals surface area contributed by atoms with E-state index < -0.39 is 10.0 Å². The summed E-state index contributed by atoms with van der Waals surface area (Å²) in [5.74, 6) is 1.45. The van der Waals surface area contributed by atoms with E-state index >= 15 is 0 Å². The van der Waals surface area contributed by atoms with Crippen molar-refractivity contribution in [1.29, 1.82) is 0 Å². The van der Waals surface area contributed by atoms with Gasteiger partial charge >= 0.3 is 0 Å². The third-order valence-electron chi connectivity index (χ3n) is 6.36. The van der Waals surface area contributed by atoms with E-state index in [0.717, 1.165) is 37.7 Å². The van der Waals surface area contributed by atoms with Crippen molar-refractivity contribution in [2.24, 2.45) is 0 Å². The van der Waals surface area contributed by atoms with Crippen molar-refractivity contribution in [1.82, 2.24) is 9.71 Å². The van der Waals surface area contributed by atoms with Gasteiger partial charge in [-0.1, -0.05) is 57.4 Å². The number of carbonyl (C=O) groups excluding carboxylic acids is 1. The molecule has 1 aromatic heterocycles. The minimum absolute atomic E-state index is 0.00302. The molecule has 8 heteroatoms. The van der Waals surface area contributed by atoms with E-state index in [2.05, 4.69) is 41.0 Å². The van der Waals surface area contributed by atoms with Crippen LogP contribution in [0.5, 0.6) is 0 Å². The van der Waals surface area contributed by atoms with E-state index in [9.17, 15) is 13.2 Å². The second-order valence-corrected chi connectivity index (χ2v) is 11.1. The monoisotopic (exact) mass is 495 g/mol. The van der Waals surface area contributed by atoms with Gasteiger partial charge in [0.25, 0.3) is 0 Å². The third kappa shape index (κ3) is 6.80. The topological polar surface area (TPSA) is 101 Å². The quantitative estimate of drug-likeness (QED) is 0.400. The van der Waals surface area contributed by atoms with Crippen LogP contribution in [0.3, 0.4) is 0 Å². The molecule has 0 atom stereocenters. The van der Waals surface area contributed by atoms with Gasteiger partial charge in [0.15, 0.2) is 11.7 Å². The first-order chi connectivity index (χ1) is 16.8. The fraction of sp³-hybridized carbons (Fsp3) is 0.407. The Labute approximate surface area is 207 Å². The number of amides is 1. The first-order valence-electron chi connectivity index (χ1n) is 12.3. The van der Waals surface area contributed by atoms with Crippen LogP contribution in [-0.2, 0) is 21.2 Å². The summed E-state index contributed by atoms with van der Waals surface area (Å²) in [5, 5.41) is 2.80. The number of sulfonamides is 1. The molecule has 1 saturated carbocycles. The third-order valence-corrected chi connectivity index (χ3v) is 7.89. The van der Waals surface area contributed by atoms with Crippen LogP contribution in [0.25, 0.3) is 11.3 Å². The molecule has 0 unspecified atom stereocenters. The Kier molecular flexibility index (Phi) is 8.03. The van der Waals surface area contributed by atoms with Gasteiger partial charge in [0, 0.05) is 30.1 Å². The summed E-state index contributed by atoms with van der Waals surface area (Å²) in [6, 6.07) is 14.5. The van der Waals surface area contributed by atoms with Crippen LogP contribution >= 0.6 is 0 Å². The number of aromatic nitrogens is 1. The molecule has 2 N–H and O–H groups in total. The van der Waals surface area contributed by atoms with Gasteiger partial charge in [-0.05, 0) is 48.6 Å². The molecule has 1 aliphatic rings. The summed E-state index contributed by atoms with van der Waals surface area (Å²) >= 11 is 0. The maximum absolute atomic E-state index is 12.6. The van der Waals surface area contributed by atoms with Gasteiger partial charge in [-0.3, -0.25) is 4.79 Å². The molecule has 4 rings (SSSR count). The first kappa shape index (κ1) is 25.1. The summed E-state index contributed by atoms with van der Waals surface area (Å²) in [5.41, 5.74) is 2.76. The van der Waals surface area contributed by atoms with Crippen LogP contribution in [-0.4, -0.2) is 25.4 Å². The second-order valence-electron chi connectivity index (χ2n) is 9.42. The van der Waals surface area contributed by atoms with Crippen LogP contribution in [0.4, 0.5) is 5.69 Å². The van der Waals surface area contributed by atoms with Gasteiger partial charge in [0.05, 0.1) is 11.1 Å². The van der Waals surface area contributed by atoms with E-state index in [1.165, 1.54) is 17.7 Å². The van der Waals surface area contributed by atoms with Crippen LogP contribution in [0.1, 0.15) is 69.7 Å². The maximum Gasteiger partial charge on any atom is 0.240 e. The van der Waals surface area contributed by atoms with Crippen LogP contribution < -0.4 is 10.0 Å². The molecule has 7 nitrogen and oxygen atoms in total. The van der Waals surface area contributed by atoms with Gasteiger partial charge in [-0.2, -0.15) is 0 Å². The highest BCUT2D eigenvalue weighted by Gasteiger charge is 2.21. The molecule has 0 spiro atoms. The molecule has 35 heavy (non-hydrogen) atoms. The smallest absolute Gasteiger partial charge is 0.240 e. The van der Waals surface area contributed by atoms with Crippen LogP contribution in [0.15, 0.2) is 64.0 Å². The van der Waals surface area contributed by atoms with E-state index in [0.29, 0.717) is 29.7 Å². The summed E-state index contributed by atoms with van der Waals surface area (Å²) in [7, 11) is -3.56. The number of hydrogen-bond acceptors (Lipinski definition) is 5. The van der Waals surface area contributed by atoms with Crippen molar-refractivity contribution in [3.63, 3.8) is 0 Å². The van der Waals surface area contributed by atoms with Crippen molar-refractivity contribution < 1.29 is 17.6 Å². The number of rotatable bonds is 9. The van der Waals surface area contributed by atoms with E-state index in [4.69, 9.17) is 4.42 Å². The molecular formula is C27H33N3O4S. The van der Waals surface area contributed by atoms with Crippen molar-refractivity contribution in [2.45, 2.75) is 75.6 Å². The molecule has 186 valence electrons. The maximum atomic E-state index is 12.6. The Morgan fingerprint density at radius 1 is 1.03 bits per heavy atom. The number of benzene rings is 2. The van der Waals surface area contributed by atoms with Gasteiger partial charge in [0.1, 0.15) is 0 Å². The summed E-state index contributed by atoms with van der Waals surface area (Å²) in [6.07, 6.45) is 7.28. The number of hydrogen-bond donors (Lipinski definition) is 2. The minimum Gasteiger partial charge on any atom is -0.441 e. The van der Waals surface area contributed by atoms with Gasteiger partial charge in [-0.25, -0.2) is 18.1 Å². The van der Waals surface area contributed by atoms with E-state index in [-0.39, 0.29) is 23.3 Å². The van der Waals surface area contributed by atoms with Crippen LogP contribution in [0.2, 0.25) is 0 Å². The molecule has 3 aromatic rings. The van der Waals surface area contributed by atoms with Crippen molar-refractivity contribution in [2.75, 3.05) is 5.32 Å². The fourth-order valence-electron chi connectivity index (χ4n) is 4.26. The van der Waals surface area contributed by atoms with Gasteiger partial charge < -0.3 is 9.73 Å². The zero-order chi connectivity index (χ0) is 24.8. The summed E-state index contributed by atoms with van der Waals surface area (Å²) in [4.78, 5) is 16.9. The van der Waals surface area contributed by atoms with E-state index in [1.807, 2.05) is 12.1 Å². The predicted molar refractivity (Wildman–Crippen MR) is 137 cm³/mol. The van der Waals surface area contributed by atoms with Gasteiger partial charge in [0.2, 0.25) is 15.9 Å². The minimum atomic E-state index is -3.56. The number of nitrogens with one attached hydrogen (secondary N) is 2. The highest BCUT2D eigenvalue weighted by molar-refractivity contribution is 7.89. The number of oxazole rings is 1. The normalized spacial score (nSPS) is 14.8. The number of carbonyl (C=O) groups is 1. The SMILES string of the molecule is CC(C)c1ccc(-c2cnc(CCC(=O)Nc3ccc(S(=O)(=O)NC4CCCCC4)cc3)o2)cc1. The number of anilines is 1. The Morgan fingerprint density at radius 2 is 1.71 bits per heavy atom. The highest BCUT2D eigenvalue weighted by Crippen LogP contribution is 2.24. The molecule has 0 radical (unpaired) electrons. The molecule has 0 aliphatic heterocycles. The highest BCUT2D eigenvalue weighted by atomic mass is 32.2. The molecule has 2 aromatic carbocycles. The summed E-state index contributed by atoms with van der Waals surface area (Å²) in [6.45, 7) is 4.30.